The van der Waals surface area contributed by atoms with Crippen molar-refractivity contribution in [3.05, 3.63) is 33.7 Å². The molecular formula is C10H15NOS2. The van der Waals surface area contributed by atoms with Crippen LogP contribution in [0.1, 0.15) is 11.1 Å². The van der Waals surface area contributed by atoms with Crippen LogP contribution in [0.25, 0.3) is 0 Å². The Bertz CT molecular complexity index is 348. The standard InChI is InChI=1S/C10H15NOS2/c1-7-3-8(10(12)11-5-7)4-9(13)6-14-2/h3,5,9,13H,4,6H2,1-2H3,(H,11,12). The molecule has 1 atom stereocenters. The number of thioether (sulfide) groups is 1. The molecule has 0 radical (unpaired) electrons. The first-order valence-electron chi connectivity index (χ1n) is 4.48. The van der Waals surface area contributed by atoms with Crippen LogP contribution in [0.5, 0.6) is 0 Å². The van der Waals surface area contributed by atoms with Crippen molar-refractivity contribution >= 4 is 24.4 Å². The van der Waals surface area contributed by atoms with Gasteiger partial charge in [-0.2, -0.15) is 24.4 Å². The molecule has 0 amide bonds. The molecule has 1 heterocycles. The highest BCUT2D eigenvalue weighted by Crippen LogP contribution is 2.09. The van der Waals surface area contributed by atoms with Crippen molar-refractivity contribution < 1.29 is 0 Å². The molecule has 1 N–H and O–H groups in total. The lowest BCUT2D eigenvalue weighted by atomic mass is 10.1. The lowest BCUT2D eigenvalue weighted by molar-refractivity contribution is 0.931. The molecule has 78 valence electrons. The predicted molar refractivity (Wildman–Crippen MR) is 66.7 cm³/mol. The van der Waals surface area contributed by atoms with Crippen molar-refractivity contribution in [2.75, 3.05) is 12.0 Å². The van der Waals surface area contributed by atoms with E-state index in [1.165, 1.54) is 0 Å². The van der Waals surface area contributed by atoms with Crippen molar-refractivity contribution in [2.45, 2.75) is 18.6 Å². The summed E-state index contributed by atoms with van der Waals surface area (Å²) in [6.45, 7) is 1.97. The van der Waals surface area contributed by atoms with E-state index in [1.54, 1.807) is 18.0 Å². The van der Waals surface area contributed by atoms with Gasteiger partial charge in [-0.3, -0.25) is 4.79 Å². The molecule has 0 aliphatic rings. The van der Waals surface area contributed by atoms with Gasteiger partial charge in [-0.1, -0.05) is 0 Å². The fourth-order valence-electron chi connectivity index (χ4n) is 1.31. The van der Waals surface area contributed by atoms with E-state index in [1.807, 2.05) is 19.2 Å². The monoisotopic (exact) mass is 229 g/mol. The van der Waals surface area contributed by atoms with Crippen LogP contribution < -0.4 is 5.56 Å². The second-order valence-corrected chi connectivity index (χ2v) is 4.99. The number of H-pyrrole nitrogens is 1. The topological polar surface area (TPSA) is 32.9 Å². The SMILES string of the molecule is CSCC(S)Cc1cc(C)c[nH]c1=O. The first kappa shape index (κ1) is 11.7. The molecule has 0 aliphatic heterocycles. The van der Waals surface area contributed by atoms with E-state index < -0.39 is 0 Å². The Labute approximate surface area is 93.9 Å². The van der Waals surface area contributed by atoms with E-state index in [2.05, 4.69) is 17.6 Å². The summed E-state index contributed by atoms with van der Waals surface area (Å²) in [5.41, 5.74) is 1.93. The highest BCUT2D eigenvalue weighted by Gasteiger charge is 2.07. The summed E-state index contributed by atoms with van der Waals surface area (Å²) in [5, 5.41) is 0.257. The average molecular weight is 229 g/mol. The maximum Gasteiger partial charge on any atom is 0.251 e. The Morgan fingerprint density at radius 3 is 3.00 bits per heavy atom. The van der Waals surface area contributed by atoms with Gasteiger partial charge in [-0.15, -0.1) is 0 Å². The molecule has 0 bridgehead atoms. The van der Waals surface area contributed by atoms with E-state index >= 15 is 0 Å². The van der Waals surface area contributed by atoms with Gasteiger partial charge >= 0.3 is 0 Å². The molecule has 14 heavy (non-hydrogen) atoms. The molecule has 2 nitrogen and oxygen atoms in total. The second kappa shape index (κ2) is 5.51. The fourth-order valence-corrected chi connectivity index (χ4v) is 2.46. The molecule has 0 fully saturated rings. The number of aromatic amines is 1. The molecule has 0 aromatic carbocycles. The summed E-state index contributed by atoms with van der Waals surface area (Å²) in [4.78, 5) is 14.1. The molecule has 0 saturated heterocycles. The Hall–Kier alpha value is -0.350. The van der Waals surface area contributed by atoms with Crippen LogP contribution in [0.15, 0.2) is 17.1 Å². The van der Waals surface area contributed by atoms with Crippen molar-refractivity contribution in [1.82, 2.24) is 4.98 Å². The zero-order valence-corrected chi connectivity index (χ0v) is 10.1. The maximum absolute atomic E-state index is 11.4. The molecule has 1 rings (SSSR count). The van der Waals surface area contributed by atoms with Crippen molar-refractivity contribution in [3.63, 3.8) is 0 Å². The largest absolute Gasteiger partial charge is 0.329 e. The molecule has 0 spiro atoms. The van der Waals surface area contributed by atoms with Gasteiger partial charge in [0.15, 0.2) is 0 Å². The van der Waals surface area contributed by atoms with Crippen LogP contribution >= 0.6 is 24.4 Å². The number of hydrogen-bond donors (Lipinski definition) is 2. The molecule has 1 unspecified atom stereocenters. The number of nitrogens with one attached hydrogen (secondary N) is 1. The number of thiol groups is 1. The number of aryl methyl sites for hydroxylation is 1. The van der Waals surface area contributed by atoms with E-state index in [9.17, 15) is 4.79 Å². The van der Waals surface area contributed by atoms with Crippen molar-refractivity contribution in [1.29, 1.82) is 0 Å². The normalized spacial score (nSPS) is 12.8. The first-order valence-corrected chi connectivity index (χ1v) is 6.39. The summed E-state index contributed by atoms with van der Waals surface area (Å²) in [6.07, 6.45) is 4.51. The maximum atomic E-state index is 11.4. The summed E-state index contributed by atoms with van der Waals surface area (Å²) >= 11 is 6.18. The van der Waals surface area contributed by atoms with Gasteiger partial charge in [-0.25, -0.2) is 0 Å². The first-order chi connectivity index (χ1) is 6.63. The third kappa shape index (κ3) is 3.42. The molecule has 1 aromatic rings. The Morgan fingerprint density at radius 2 is 2.36 bits per heavy atom. The van der Waals surface area contributed by atoms with E-state index in [0.717, 1.165) is 23.3 Å². The van der Waals surface area contributed by atoms with E-state index in [-0.39, 0.29) is 10.8 Å². The minimum atomic E-state index is 0.00996. The molecular weight excluding hydrogens is 214 g/mol. The minimum absolute atomic E-state index is 0.00996. The van der Waals surface area contributed by atoms with Crippen molar-refractivity contribution in [2.24, 2.45) is 0 Å². The lowest BCUT2D eigenvalue weighted by Gasteiger charge is -2.08. The van der Waals surface area contributed by atoms with Gasteiger partial charge in [-0.05, 0) is 31.2 Å². The number of aromatic nitrogens is 1. The number of rotatable bonds is 4. The molecule has 4 heteroatoms. The molecule has 0 aliphatic carbocycles. The van der Waals surface area contributed by atoms with Gasteiger partial charge in [0.05, 0.1) is 0 Å². The number of pyridine rings is 1. The van der Waals surface area contributed by atoms with Gasteiger partial charge < -0.3 is 4.98 Å². The third-order valence-corrected chi connectivity index (χ3v) is 3.29. The summed E-state index contributed by atoms with van der Waals surface area (Å²) in [6, 6.07) is 1.93. The Balaban J connectivity index is 2.75. The highest BCUT2D eigenvalue weighted by molar-refractivity contribution is 7.99. The van der Waals surface area contributed by atoms with Crippen LogP contribution in [-0.2, 0) is 6.42 Å². The van der Waals surface area contributed by atoms with Crippen molar-refractivity contribution in [3.8, 4) is 0 Å². The predicted octanol–water partition coefficient (Wildman–Crippen LogP) is 1.89. The van der Waals surface area contributed by atoms with Crippen LogP contribution in [0.4, 0.5) is 0 Å². The summed E-state index contributed by atoms with van der Waals surface area (Å²) in [5.74, 6) is 0.969. The summed E-state index contributed by atoms with van der Waals surface area (Å²) < 4.78 is 0. The van der Waals surface area contributed by atoms with Gasteiger partial charge in [0.1, 0.15) is 0 Å². The lowest BCUT2D eigenvalue weighted by Crippen LogP contribution is -2.17. The van der Waals surface area contributed by atoms with Gasteiger partial charge in [0.2, 0.25) is 0 Å². The Morgan fingerprint density at radius 1 is 1.64 bits per heavy atom. The van der Waals surface area contributed by atoms with E-state index in [0.29, 0.717) is 0 Å². The summed E-state index contributed by atoms with van der Waals surface area (Å²) in [7, 11) is 0. The van der Waals surface area contributed by atoms with E-state index in [4.69, 9.17) is 0 Å². The van der Waals surface area contributed by atoms with Gasteiger partial charge in [0.25, 0.3) is 5.56 Å². The minimum Gasteiger partial charge on any atom is -0.329 e. The Kier molecular flexibility index (Phi) is 4.62. The molecule has 0 saturated carbocycles. The third-order valence-electron chi connectivity index (χ3n) is 1.94. The number of hydrogen-bond acceptors (Lipinski definition) is 3. The quantitative estimate of drug-likeness (QED) is 0.773. The zero-order chi connectivity index (χ0) is 10.6. The fraction of sp³-hybridized carbons (Fsp3) is 0.500. The van der Waals surface area contributed by atoms with Gasteiger partial charge in [0, 0.05) is 22.8 Å². The smallest absolute Gasteiger partial charge is 0.251 e. The zero-order valence-electron chi connectivity index (χ0n) is 8.41. The van der Waals surface area contributed by atoms with Crippen LogP contribution in [0.2, 0.25) is 0 Å². The van der Waals surface area contributed by atoms with Crippen LogP contribution in [0, 0.1) is 6.92 Å². The second-order valence-electron chi connectivity index (χ2n) is 3.34. The van der Waals surface area contributed by atoms with Crippen LogP contribution in [-0.4, -0.2) is 22.2 Å². The average Bonchev–Trinajstić information content (AvgIpc) is 2.12. The highest BCUT2D eigenvalue weighted by atomic mass is 32.2. The molecule has 1 aromatic heterocycles. The van der Waals surface area contributed by atoms with Crippen LogP contribution in [0.3, 0.4) is 0 Å².